The molecule has 8 heteroatoms. The van der Waals surface area contributed by atoms with Crippen LogP contribution in [0.25, 0.3) is 0 Å². The van der Waals surface area contributed by atoms with Gasteiger partial charge in [-0.2, -0.15) is 0 Å². The molecule has 2 N–H and O–H groups in total. The van der Waals surface area contributed by atoms with Crippen molar-refractivity contribution in [1.29, 1.82) is 0 Å². The van der Waals surface area contributed by atoms with Crippen LogP contribution in [0.1, 0.15) is 38.1 Å². The van der Waals surface area contributed by atoms with Crippen LogP contribution in [0.5, 0.6) is 11.5 Å². The summed E-state index contributed by atoms with van der Waals surface area (Å²) in [6, 6.07) is 2.77. The topological polar surface area (TPSA) is 102 Å². The fourth-order valence-corrected chi connectivity index (χ4v) is 2.29. The summed E-state index contributed by atoms with van der Waals surface area (Å²) >= 11 is 1.06. The van der Waals surface area contributed by atoms with E-state index in [9.17, 15) is 19.8 Å². The summed E-state index contributed by atoms with van der Waals surface area (Å²) in [4.78, 5) is 21.9. The number of nitrogens with zero attached hydrogens (tertiary/aromatic N) is 2. The molecule has 0 bridgehead atoms. The molecule has 26 heavy (non-hydrogen) atoms. The van der Waals surface area contributed by atoms with E-state index in [0.717, 1.165) is 43.3 Å². The molecule has 0 aliphatic heterocycles. The summed E-state index contributed by atoms with van der Waals surface area (Å²) in [5, 5.41) is 18.6. The van der Waals surface area contributed by atoms with Crippen LogP contribution in [0.4, 0.5) is 0 Å². The van der Waals surface area contributed by atoms with E-state index in [2.05, 4.69) is 13.8 Å². The third kappa shape index (κ3) is 6.65. The van der Waals surface area contributed by atoms with Crippen LogP contribution in [-0.4, -0.2) is 19.3 Å². The average molecular weight is 401 g/mol. The molecule has 0 aromatic carbocycles. The summed E-state index contributed by atoms with van der Waals surface area (Å²) in [6.07, 6.45) is 5.40. The molecular weight excluding hydrogens is 375 g/mol. The Labute approximate surface area is 162 Å². The van der Waals surface area contributed by atoms with Gasteiger partial charge in [0.25, 0.3) is 0 Å². The third-order valence-corrected chi connectivity index (χ3v) is 3.75. The van der Waals surface area contributed by atoms with E-state index < -0.39 is 0 Å². The Balaban J connectivity index is 0.000000439. The summed E-state index contributed by atoms with van der Waals surface area (Å²) in [7, 11) is 0. The van der Waals surface area contributed by atoms with E-state index in [0.29, 0.717) is 11.4 Å². The second-order valence-corrected chi connectivity index (χ2v) is 5.61. The van der Waals surface area contributed by atoms with Crippen molar-refractivity contribution >= 4 is 0 Å². The van der Waals surface area contributed by atoms with Crippen LogP contribution in [0.3, 0.4) is 0 Å². The number of pyridine rings is 2. The van der Waals surface area contributed by atoms with Crippen molar-refractivity contribution < 1.29 is 31.3 Å². The number of hydrogen-bond donors (Lipinski definition) is 2. The predicted molar refractivity (Wildman–Crippen MR) is 95.5 cm³/mol. The Morgan fingerprint density at radius 3 is 1.38 bits per heavy atom. The summed E-state index contributed by atoms with van der Waals surface area (Å²) in [5.41, 5.74) is 0.674. The second kappa shape index (κ2) is 12.3. The van der Waals surface area contributed by atoms with Crippen LogP contribution in [0.15, 0.2) is 34.1 Å². The molecule has 0 saturated carbocycles. The molecule has 2 heterocycles. The zero-order valence-corrected chi connectivity index (χ0v) is 17.0. The molecule has 0 aliphatic carbocycles. The van der Waals surface area contributed by atoms with Crippen LogP contribution in [-0.2, 0) is 34.1 Å². The van der Waals surface area contributed by atoms with Crippen molar-refractivity contribution in [2.24, 2.45) is 0 Å². The van der Waals surface area contributed by atoms with Crippen molar-refractivity contribution in [3.05, 3.63) is 56.4 Å². The molecule has 0 spiro atoms. The molecule has 0 aliphatic rings. The van der Waals surface area contributed by atoms with Gasteiger partial charge in [-0.3, -0.25) is 9.59 Å². The molecule has 2 rings (SSSR count). The third-order valence-electron chi connectivity index (χ3n) is 3.75. The van der Waals surface area contributed by atoms with Crippen molar-refractivity contribution in [1.82, 2.24) is 9.13 Å². The Bertz CT molecular complexity index is 747. The Kier molecular flexibility index (Phi) is 11.3. The zero-order valence-electron chi connectivity index (χ0n) is 15.6. The Morgan fingerprint density at radius 2 is 1.12 bits per heavy atom. The first-order valence-corrected chi connectivity index (χ1v) is 8.86. The monoisotopic (exact) mass is 401 g/mol. The maximum absolute atomic E-state index is 10.9. The SMILES string of the molecule is CCCn1ccc(=O)c(O)c1C.CCCn1ccc(=O)c(O)c1C.[O]=[V]. The van der Waals surface area contributed by atoms with E-state index in [1.807, 2.05) is 9.13 Å². The standard InChI is InChI=1S/2C9H13NO2.O.V/c2*1-3-5-10-6-4-8(11)9(12)7(10)2;;/h2*4,6,12H,3,5H2,1-2H3;;. The van der Waals surface area contributed by atoms with Crippen molar-refractivity contribution in [2.75, 3.05) is 0 Å². The molecule has 0 radical (unpaired) electrons. The molecular formula is C18H26N2O5V. The molecule has 0 unspecified atom stereocenters. The van der Waals surface area contributed by atoms with E-state index in [-0.39, 0.29) is 22.4 Å². The molecule has 143 valence electrons. The van der Waals surface area contributed by atoms with Crippen molar-refractivity contribution in [2.45, 2.75) is 53.6 Å². The first-order chi connectivity index (χ1) is 12.3. The van der Waals surface area contributed by atoms with Crippen LogP contribution < -0.4 is 10.9 Å². The number of rotatable bonds is 4. The van der Waals surface area contributed by atoms with E-state index in [1.165, 1.54) is 12.1 Å². The first kappa shape index (κ1) is 23.9. The van der Waals surface area contributed by atoms with Gasteiger partial charge in [0.2, 0.25) is 10.9 Å². The fourth-order valence-electron chi connectivity index (χ4n) is 2.29. The quantitative estimate of drug-likeness (QED) is 0.819. The van der Waals surface area contributed by atoms with Crippen LogP contribution >= 0.6 is 0 Å². The van der Waals surface area contributed by atoms with Gasteiger partial charge in [-0.25, -0.2) is 0 Å². The fraction of sp³-hybridized carbons (Fsp3) is 0.444. The predicted octanol–water partition coefficient (Wildman–Crippen LogP) is 2.42. The Hall–Kier alpha value is -2.12. The van der Waals surface area contributed by atoms with Gasteiger partial charge in [0.05, 0.1) is 11.4 Å². The first-order valence-electron chi connectivity index (χ1n) is 8.29. The molecule has 2 aromatic heterocycles. The van der Waals surface area contributed by atoms with Gasteiger partial charge in [0.15, 0.2) is 11.5 Å². The number of hydrogen-bond acceptors (Lipinski definition) is 5. The van der Waals surface area contributed by atoms with Gasteiger partial charge in [0.1, 0.15) is 0 Å². The maximum atomic E-state index is 10.9. The van der Waals surface area contributed by atoms with Crippen molar-refractivity contribution in [3.63, 3.8) is 0 Å². The number of aryl methyl sites for hydroxylation is 2. The van der Waals surface area contributed by atoms with Crippen LogP contribution in [0, 0.1) is 13.8 Å². The molecule has 7 nitrogen and oxygen atoms in total. The van der Waals surface area contributed by atoms with Gasteiger partial charge in [0, 0.05) is 37.6 Å². The summed E-state index contributed by atoms with van der Waals surface area (Å²) in [6.45, 7) is 9.25. The van der Waals surface area contributed by atoms with E-state index >= 15 is 0 Å². The van der Waals surface area contributed by atoms with Gasteiger partial charge in [-0.05, 0) is 26.7 Å². The Morgan fingerprint density at radius 1 is 0.808 bits per heavy atom. The molecule has 0 saturated heterocycles. The summed E-state index contributed by atoms with van der Waals surface area (Å²) in [5.74, 6) is -0.267. The molecule has 0 atom stereocenters. The van der Waals surface area contributed by atoms with Gasteiger partial charge >= 0.3 is 21.0 Å². The van der Waals surface area contributed by atoms with Crippen molar-refractivity contribution in [3.8, 4) is 11.5 Å². The number of aromatic hydroxyl groups is 2. The van der Waals surface area contributed by atoms with Gasteiger partial charge in [-0.1, -0.05) is 13.8 Å². The molecule has 0 fully saturated rings. The normalized spacial score (nSPS) is 9.50. The zero-order chi connectivity index (χ0) is 20.3. The minimum absolute atomic E-state index is 0.133. The minimum atomic E-state index is -0.306. The van der Waals surface area contributed by atoms with E-state index in [1.54, 1.807) is 26.2 Å². The molecule has 2 aromatic rings. The molecule has 0 amide bonds. The van der Waals surface area contributed by atoms with Gasteiger partial charge in [-0.15, -0.1) is 0 Å². The summed E-state index contributed by atoms with van der Waals surface area (Å²) < 4.78 is 11.9. The average Bonchev–Trinajstić information content (AvgIpc) is 2.65. The second-order valence-electron chi connectivity index (χ2n) is 5.61. The van der Waals surface area contributed by atoms with Crippen LogP contribution in [0.2, 0.25) is 0 Å². The van der Waals surface area contributed by atoms with E-state index in [4.69, 9.17) is 3.67 Å². The van der Waals surface area contributed by atoms with Gasteiger partial charge < -0.3 is 19.3 Å². The number of aromatic nitrogens is 2.